The second kappa shape index (κ2) is 3.08. The predicted octanol–water partition coefficient (Wildman–Crippen LogP) is -0.597. The van der Waals surface area contributed by atoms with Gasteiger partial charge < -0.3 is 5.11 Å². The fourth-order valence-corrected chi connectivity index (χ4v) is 2.29. The molecule has 4 nitrogen and oxygen atoms in total. The van der Waals surface area contributed by atoms with E-state index in [-0.39, 0.29) is 12.3 Å². The lowest BCUT2D eigenvalue weighted by atomic mass is 10.3. The van der Waals surface area contributed by atoms with Gasteiger partial charge in [0.1, 0.15) is 0 Å². The maximum Gasteiger partial charge on any atom is 0.213 e. The van der Waals surface area contributed by atoms with Crippen molar-refractivity contribution in [3.05, 3.63) is 0 Å². The van der Waals surface area contributed by atoms with Crippen molar-refractivity contribution in [1.29, 1.82) is 0 Å². The molecular weight excluding hydrogens is 166 g/mol. The van der Waals surface area contributed by atoms with Crippen molar-refractivity contribution < 1.29 is 13.5 Å². The van der Waals surface area contributed by atoms with Gasteiger partial charge in [0.25, 0.3) is 0 Å². The predicted molar refractivity (Wildman–Crippen MR) is 41.7 cm³/mol. The number of rotatable bonds is 2. The molecule has 0 amide bonds. The Morgan fingerprint density at radius 2 is 2.27 bits per heavy atom. The van der Waals surface area contributed by atoms with Crippen LogP contribution < -0.4 is 0 Å². The number of nitrogens with zero attached hydrogens (tertiary/aromatic N) is 1. The zero-order valence-corrected chi connectivity index (χ0v) is 7.34. The number of hydrogen-bond acceptors (Lipinski definition) is 3. The lowest BCUT2D eigenvalue weighted by Crippen LogP contribution is -2.30. The topological polar surface area (TPSA) is 57.6 Å². The van der Waals surface area contributed by atoms with Crippen LogP contribution in [0.1, 0.15) is 13.3 Å². The second-order valence-corrected chi connectivity index (χ2v) is 4.96. The molecule has 1 rings (SSSR count). The summed E-state index contributed by atoms with van der Waals surface area (Å²) < 4.78 is 23.7. The van der Waals surface area contributed by atoms with Crippen molar-refractivity contribution in [2.24, 2.45) is 0 Å². The Morgan fingerprint density at radius 3 is 2.64 bits per heavy atom. The summed E-state index contributed by atoms with van der Waals surface area (Å²) in [6.45, 7) is 2.35. The fourth-order valence-electron chi connectivity index (χ4n) is 1.15. The van der Waals surface area contributed by atoms with Crippen LogP contribution in [-0.2, 0) is 10.0 Å². The van der Waals surface area contributed by atoms with Gasteiger partial charge in [-0.3, -0.25) is 0 Å². The molecule has 1 N–H and O–H groups in total. The second-order valence-electron chi connectivity index (χ2n) is 2.70. The average Bonchev–Trinajstić information content (AvgIpc) is 2.36. The molecule has 66 valence electrons. The highest BCUT2D eigenvalue weighted by Crippen LogP contribution is 2.13. The van der Waals surface area contributed by atoms with Crippen molar-refractivity contribution in [1.82, 2.24) is 4.31 Å². The monoisotopic (exact) mass is 179 g/mol. The fraction of sp³-hybridized carbons (Fsp3) is 1.00. The number of aliphatic hydroxyl groups excluding tert-OH is 1. The third-order valence-corrected chi connectivity index (χ3v) is 3.73. The third kappa shape index (κ3) is 1.91. The quantitative estimate of drug-likeness (QED) is 0.616. The highest BCUT2D eigenvalue weighted by Gasteiger charge is 2.28. The van der Waals surface area contributed by atoms with Gasteiger partial charge in [-0.05, 0) is 13.3 Å². The molecule has 0 aromatic rings. The van der Waals surface area contributed by atoms with E-state index in [1.54, 1.807) is 6.92 Å². The van der Waals surface area contributed by atoms with Crippen LogP contribution in [0.15, 0.2) is 0 Å². The Bertz CT molecular complexity index is 224. The number of hydrogen-bond donors (Lipinski definition) is 1. The minimum Gasteiger partial charge on any atom is -0.392 e. The summed E-state index contributed by atoms with van der Waals surface area (Å²) in [4.78, 5) is 0. The van der Waals surface area contributed by atoms with E-state index in [0.29, 0.717) is 13.0 Å². The lowest BCUT2D eigenvalue weighted by molar-refractivity contribution is 0.189. The first-order chi connectivity index (χ1) is 5.06. The Balaban J connectivity index is 2.64. The van der Waals surface area contributed by atoms with Gasteiger partial charge in [0, 0.05) is 13.1 Å². The molecule has 11 heavy (non-hydrogen) atoms. The third-order valence-electron chi connectivity index (χ3n) is 1.88. The standard InChI is InChI=1S/C6H13NO3S/c1-2-11(9,10)7-4-3-6(8)5-7/h6,8H,2-5H2,1H3/t6-/m0/s1. The summed E-state index contributed by atoms with van der Waals surface area (Å²) in [5.74, 6) is 0.125. The van der Waals surface area contributed by atoms with Gasteiger partial charge in [-0.1, -0.05) is 0 Å². The summed E-state index contributed by atoms with van der Waals surface area (Å²) in [6, 6.07) is 0. The smallest absolute Gasteiger partial charge is 0.213 e. The Labute approximate surface area is 66.9 Å². The van der Waals surface area contributed by atoms with Gasteiger partial charge in [0.2, 0.25) is 10.0 Å². The summed E-state index contributed by atoms with van der Waals surface area (Å²) in [5, 5.41) is 9.05. The van der Waals surface area contributed by atoms with Gasteiger partial charge in [0.15, 0.2) is 0 Å². The molecule has 0 aromatic carbocycles. The van der Waals surface area contributed by atoms with Crippen LogP contribution in [0.4, 0.5) is 0 Å². The summed E-state index contributed by atoms with van der Waals surface area (Å²) in [7, 11) is -3.06. The van der Waals surface area contributed by atoms with Crippen LogP contribution in [0.5, 0.6) is 0 Å². The van der Waals surface area contributed by atoms with E-state index in [2.05, 4.69) is 0 Å². The minimum absolute atomic E-state index is 0.125. The molecule has 1 aliphatic heterocycles. The Morgan fingerprint density at radius 1 is 1.64 bits per heavy atom. The first kappa shape index (κ1) is 8.96. The summed E-state index contributed by atoms with van der Waals surface area (Å²) in [5.41, 5.74) is 0. The van der Waals surface area contributed by atoms with E-state index in [1.807, 2.05) is 0 Å². The van der Waals surface area contributed by atoms with Gasteiger partial charge in [-0.25, -0.2) is 8.42 Å². The molecule has 1 fully saturated rings. The van der Waals surface area contributed by atoms with Crippen LogP contribution in [0, 0.1) is 0 Å². The highest BCUT2D eigenvalue weighted by atomic mass is 32.2. The van der Waals surface area contributed by atoms with Crippen molar-refractivity contribution in [3.8, 4) is 0 Å². The van der Waals surface area contributed by atoms with Gasteiger partial charge in [0.05, 0.1) is 11.9 Å². The van der Waals surface area contributed by atoms with E-state index < -0.39 is 16.1 Å². The van der Waals surface area contributed by atoms with Gasteiger partial charge >= 0.3 is 0 Å². The summed E-state index contributed by atoms with van der Waals surface area (Å²) >= 11 is 0. The molecule has 0 aromatic heterocycles. The van der Waals surface area contributed by atoms with Crippen molar-refractivity contribution in [3.63, 3.8) is 0 Å². The molecule has 1 heterocycles. The molecular formula is C6H13NO3S. The maximum absolute atomic E-state index is 11.2. The Hall–Kier alpha value is -0.130. The molecule has 1 aliphatic rings. The lowest BCUT2D eigenvalue weighted by Gasteiger charge is -2.13. The van der Waals surface area contributed by atoms with Crippen LogP contribution in [-0.4, -0.2) is 42.8 Å². The van der Waals surface area contributed by atoms with Gasteiger partial charge in [-0.2, -0.15) is 4.31 Å². The molecule has 0 saturated carbocycles. The molecule has 1 atom stereocenters. The number of sulfonamides is 1. The molecule has 0 unspecified atom stereocenters. The van der Waals surface area contributed by atoms with Crippen molar-refractivity contribution in [2.75, 3.05) is 18.8 Å². The van der Waals surface area contributed by atoms with E-state index in [1.165, 1.54) is 4.31 Å². The average molecular weight is 179 g/mol. The molecule has 0 aliphatic carbocycles. The van der Waals surface area contributed by atoms with E-state index in [4.69, 9.17) is 5.11 Å². The molecule has 5 heteroatoms. The number of aliphatic hydroxyl groups is 1. The van der Waals surface area contributed by atoms with Crippen molar-refractivity contribution >= 4 is 10.0 Å². The number of β-amino-alcohol motifs (C(OH)–C–C–N with tert-alkyl or cyclic N) is 1. The molecule has 0 bridgehead atoms. The molecule has 1 saturated heterocycles. The van der Waals surface area contributed by atoms with Crippen molar-refractivity contribution in [2.45, 2.75) is 19.4 Å². The first-order valence-electron chi connectivity index (χ1n) is 3.72. The van der Waals surface area contributed by atoms with Crippen LogP contribution in [0.2, 0.25) is 0 Å². The SMILES string of the molecule is CCS(=O)(=O)N1CC[C@H](O)C1. The zero-order chi connectivity index (χ0) is 8.48. The molecule has 0 spiro atoms. The Kier molecular flexibility index (Phi) is 2.51. The molecule has 0 radical (unpaired) electrons. The maximum atomic E-state index is 11.2. The normalized spacial score (nSPS) is 27.6. The zero-order valence-electron chi connectivity index (χ0n) is 6.52. The van der Waals surface area contributed by atoms with Crippen LogP contribution >= 0.6 is 0 Å². The van der Waals surface area contributed by atoms with Crippen LogP contribution in [0.3, 0.4) is 0 Å². The van der Waals surface area contributed by atoms with E-state index in [0.717, 1.165) is 0 Å². The van der Waals surface area contributed by atoms with E-state index in [9.17, 15) is 8.42 Å². The van der Waals surface area contributed by atoms with E-state index >= 15 is 0 Å². The summed E-state index contributed by atoms with van der Waals surface area (Å²) in [6.07, 6.45) is 0.107. The van der Waals surface area contributed by atoms with Crippen LogP contribution in [0.25, 0.3) is 0 Å². The minimum atomic E-state index is -3.06. The largest absolute Gasteiger partial charge is 0.392 e. The highest BCUT2D eigenvalue weighted by molar-refractivity contribution is 7.89. The van der Waals surface area contributed by atoms with Gasteiger partial charge in [-0.15, -0.1) is 0 Å². The first-order valence-corrected chi connectivity index (χ1v) is 5.33.